The molecule has 0 amide bonds. The molecule has 0 saturated heterocycles. The zero-order chi connectivity index (χ0) is 45.9. The van der Waals surface area contributed by atoms with Crippen LogP contribution in [0.5, 0.6) is 0 Å². The van der Waals surface area contributed by atoms with Gasteiger partial charge >= 0.3 is 95.3 Å². The molecule has 0 heterocycles. The number of rotatable bonds is 16. The van der Waals surface area contributed by atoms with Crippen molar-refractivity contribution in [2.24, 2.45) is 0 Å². The average molecular weight is 906 g/mol. The van der Waals surface area contributed by atoms with Crippen LogP contribution in [0, 0.1) is 0 Å². The fraction of sp³-hybridized carbons (Fsp3) is 0.800. The van der Waals surface area contributed by atoms with Crippen LogP contribution in [-0.4, -0.2) is 95.3 Å². The van der Waals surface area contributed by atoms with Crippen LogP contribution in [0.1, 0.15) is 0 Å². The molecule has 328 valence electrons. The maximum atomic E-state index is 14.1. The summed E-state index contributed by atoms with van der Waals surface area (Å²) in [5.74, 6) is -135. The van der Waals surface area contributed by atoms with Gasteiger partial charge in [-0.25, -0.2) is 0 Å². The summed E-state index contributed by atoms with van der Waals surface area (Å²) >= 11 is 0. The topological polar surface area (TPSA) is 9.23 Å². The van der Waals surface area contributed by atoms with Gasteiger partial charge in [0.15, 0.2) is 11.5 Å². The molecule has 0 saturated carbocycles. The summed E-state index contributed by atoms with van der Waals surface area (Å²) in [5, 5.41) is 0. The fourth-order valence-corrected chi connectivity index (χ4v) is 2.95. The van der Waals surface area contributed by atoms with Crippen LogP contribution in [0.25, 0.3) is 0 Å². The summed E-state index contributed by atoms with van der Waals surface area (Å²) in [6, 6.07) is 0. The number of allylic oxidation sites excluding steroid dienone is 2. The van der Waals surface area contributed by atoms with Crippen molar-refractivity contribution >= 4 is 0 Å². The van der Waals surface area contributed by atoms with Crippen LogP contribution < -0.4 is 0 Å². The lowest BCUT2D eigenvalue weighted by Crippen LogP contribution is -2.74. The van der Waals surface area contributed by atoms with E-state index in [4.69, 9.17) is 0 Å². The summed E-state index contributed by atoms with van der Waals surface area (Å²) in [5.41, 5.74) is 0. The Labute approximate surface area is 275 Å². The Balaban J connectivity index is 7.18. The Kier molecular flexibility index (Phi) is 12.0. The molecule has 0 aliphatic rings. The van der Waals surface area contributed by atoms with Crippen molar-refractivity contribution in [1.29, 1.82) is 0 Å². The molecule has 0 aromatic rings. The predicted molar refractivity (Wildman–Crippen MR) is 101 cm³/mol. The van der Waals surface area contributed by atoms with Gasteiger partial charge in [0.2, 0.25) is 0 Å². The molecule has 0 unspecified atom stereocenters. The molecule has 0 aliphatic heterocycles. The van der Waals surface area contributed by atoms with Crippen molar-refractivity contribution in [3.63, 3.8) is 0 Å². The molecule has 0 aliphatic carbocycles. The number of halogens is 34. The van der Waals surface area contributed by atoms with E-state index >= 15 is 0 Å². The maximum absolute atomic E-state index is 14.1. The first-order valence-corrected chi connectivity index (χ1v) is 11.5. The summed E-state index contributed by atoms with van der Waals surface area (Å²) in [4.78, 5) is 0. The van der Waals surface area contributed by atoms with Crippen molar-refractivity contribution in [1.82, 2.24) is 0 Å². The minimum absolute atomic E-state index is 1.02. The van der Waals surface area contributed by atoms with E-state index in [1.54, 1.807) is 0 Å². The number of hydrogen-bond donors (Lipinski definition) is 0. The zero-order valence-electron chi connectivity index (χ0n) is 23.7. The van der Waals surface area contributed by atoms with Crippen molar-refractivity contribution < 1.29 is 154 Å². The molecular formula is C20H4F34O. The molecule has 35 heteroatoms. The molecule has 0 fully saturated rings. The maximum Gasteiger partial charge on any atom is 0.460 e. The van der Waals surface area contributed by atoms with Gasteiger partial charge in [-0.1, -0.05) is 13.2 Å². The van der Waals surface area contributed by atoms with Crippen molar-refractivity contribution in [2.75, 3.05) is 0 Å². The fourth-order valence-electron chi connectivity index (χ4n) is 2.95. The third-order valence-electron chi connectivity index (χ3n) is 6.39. The van der Waals surface area contributed by atoms with E-state index in [0.717, 1.165) is 13.2 Å². The highest BCUT2D eigenvalue weighted by molar-refractivity contribution is 5.24. The normalized spacial score (nSPS) is 16.7. The Bertz CT molecular complexity index is 1340. The van der Waals surface area contributed by atoms with Crippen LogP contribution in [0.4, 0.5) is 149 Å². The van der Waals surface area contributed by atoms with Crippen LogP contribution in [0.3, 0.4) is 0 Å². The van der Waals surface area contributed by atoms with Gasteiger partial charge in [-0.05, 0) is 0 Å². The minimum atomic E-state index is -9.41. The van der Waals surface area contributed by atoms with Gasteiger partial charge < -0.3 is 4.74 Å². The van der Waals surface area contributed by atoms with Gasteiger partial charge in [-0.15, -0.1) is 0 Å². The zero-order valence-corrected chi connectivity index (χ0v) is 23.7. The molecule has 0 bridgehead atoms. The summed E-state index contributed by atoms with van der Waals surface area (Å²) < 4.78 is 455. The third-order valence-corrected chi connectivity index (χ3v) is 6.39. The summed E-state index contributed by atoms with van der Waals surface area (Å²) in [7, 11) is 0. The monoisotopic (exact) mass is 906 g/mol. The van der Waals surface area contributed by atoms with E-state index in [2.05, 4.69) is 4.74 Å². The second-order valence-corrected chi connectivity index (χ2v) is 9.99. The van der Waals surface area contributed by atoms with Crippen molar-refractivity contribution in [2.45, 2.75) is 95.3 Å². The number of hydrogen-bond acceptors (Lipinski definition) is 1. The highest BCUT2D eigenvalue weighted by Gasteiger charge is 2.97. The van der Waals surface area contributed by atoms with Gasteiger partial charge in [0.1, 0.15) is 0 Å². The SMILES string of the molecule is C=C(OC(=C)C(F)(F)C(F)(F)C(F)(F)C(F)(F)C(F)(F)C(F)(F)C(F)(F)C(F)(F)F)C(F)(F)C(F)(F)C(F)(F)C(F)(F)C(F)(F)C(F)(F)C(F)(F)C(F)(F)F. The lowest BCUT2D eigenvalue weighted by atomic mass is 9.88. The summed E-state index contributed by atoms with van der Waals surface area (Å²) in [6.07, 6.45) is -16.4. The molecule has 55 heavy (non-hydrogen) atoms. The standard InChI is InChI=1S/C20H4F34O/c1-3(5(21,22)7(25,26)9(29,30)11(33,34)13(37,38)15(41,42)17(45,46)19(49,50)51)55-4(2)6(23,24)8(27,28)10(31,32)12(35,36)14(39,40)16(43,44)18(47,48)20(52,53)54/h1-2H2. The number of alkyl halides is 34. The second-order valence-electron chi connectivity index (χ2n) is 9.99. The quantitative estimate of drug-likeness (QED) is 0.111. The molecule has 0 aromatic carbocycles. The Hall–Kier alpha value is -3.10. The molecule has 0 aromatic heterocycles. The van der Waals surface area contributed by atoms with E-state index in [1.807, 2.05) is 0 Å². The first kappa shape index (κ1) is 51.9. The third kappa shape index (κ3) is 6.31. The molecule has 1 nitrogen and oxygen atoms in total. The highest BCUT2D eigenvalue weighted by Crippen LogP contribution is 2.67. The van der Waals surface area contributed by atoms with Gasteiger partial charge in [0, 0.05) is 0 Å². The Morgan fingerprint density at radius 1 is 0.218 bits per heavy atom. The molecule has 0 atom stereocenters. The van der Waals surface area contributed by atoms with E-state index in [1.165, 1.54) is 0 Å². The van der Waals surface area contributed by atoms with Gasteiger partial charge in [0.05, 0.1) is 0 Å². The van der Waals surface area contributed by atoms with Gasteiger partial charge in [-0.3, -0.25) is 0 Å². The van der Waals surface area contributed by atoms with Gasteiger partial charge in [-0.2, -0.15) is 149 Å². The minimum Gasteiger partial charge on any atom is -0.454 e. The smallest absolute Gasteiger partial charge is 0.454 e. The number of ether oxygens (including phenoxy) is 1. The van der Waals surface area contributed by atoms with Crippen LogP contribution in [0.2, 0.25) is 0 Å². The Morgan fingerprint density at radius 3 is 0.491 bits per heavy atom. The van der Waals surface area contributed by atoms with Crippen LogP contribution in [0.15, 0.2) is 24.7 Å². The van der Waals surface area contributed by atoms with E-state index in [0.29, 0.717) is 0 Å². The predicted octanol–water partition coefficient (Wildman–Crippen LogP) is 12.0. The highest BCUT2D eigenvalue weighted by atomic mass is 19.4. The molecule has 0 rings (SSSR count). The molecule has 0 N–H and O–H groups in total. The first-order chi connectivity index (χ1) is 23.0. The molecule has 0 radical (unpaired) electrons. The van der Waals surface area contributed by atoms with E-state index in [-0.39, 0.29) is 0 Å². The Morgan fingerprint density at radius 2 is 0.345 bits per heavy atom. The lowest BCUT2D eigenvalue weighted by molar-refractivity contribution is -0.461. The van der Waals surface area contributed by atoms with Crippen molar-refractivity contribution in [3.05, 3.63) is 24.7 Å². The van der Waals surface area contributed by atoms with Gasteiger partial charge in [0.25, 0.3) is 0 Å². The van der Waals surface area contributed by atoms with E-state index < -0.39 is 107 Å². The van der Waals surface area contributed by atoms with E-state index in [9.17, 15) is 149 Å². The molecular weight excluding hydrogens is 902 g/mol. The molecule has 0 spiro atoms. The van der Waals surface area contributed by atoms with Crippen LogP contribution in [-0.2, 0) is 4.74 Å². The average Bonchev–Trinajstić information content (AvgIpc) is 2.94. The van der Waals surface area contributed by atoms with Crippen molar-refractivity contribution in [3.8, 4) is 0 Å². The lowest BCUT2D eigenvalue weighted by Gasteiger charge is -2.43. The first-order valence-electron chi connectivity index (χ1n) is 11.5. The summed E-state index contributed by atoms with van der Waals surface area (Å²) in [6.45, 7) is 2.04. The van der Waals surface area contributed by atoms with Crippen LogP contribution >= 0.6 is 0 Å². The second kappa shape index (κ2) is 12.7. The largest absolute Gasteiger partial charge is 0.460 e.